The molecule has 1 aromatic rings. The number of hydrogen-bond donors (Lipinski definition) is 1. The van der Waals surface area contributed by atoms with E-state index in [1.54, 1.807) is 0 Å². The lowest BCUT2D eigenvalue weighted by Gasteiger charge is -2.27. The summed E-state index contributed by atoms with van der Waals surface area (Å²) in [6.45, 7) is 14.2. The van der Waals surface area contributed by atoms with Gasteiger partial charge in [-0.2, -0.15) is 0 Å². The standard InChI is InChI=1S/C20H34N2O3/c1-6-14-20(5,25-9-4)19(23)21-17-10-12-18(13-11-17)24-16-15-22(7-2)8-3/h10-13H,6-9,14-16H2,1-5H3,(H,21,23)/t20-/m0/s1. The number of anilines is 1. The first kappa shape index (κ1) is 21.5. The monoisotopic (exact) mass is 350 g/mol. The molecule has 0 fully saturated rings. The summed E-state index contributed by atoms with van der Waals surface area (Å²) in [7, 11) is 0. The molecule has 1 atom stereocenters. The molecule has 0 aromatic heterocycles. The fourth-order valence-corrected chi connectivity index (χ4v) is 2.78. The number of nitrogens with one attached hydrogen (secondary N) is 1. The lowest BCUT2D eigenvalue weighted by molar-refractivity contribution is -0.139. The highest BCUT2D eigenvalue weighted by atomic mass is 16.5. The van der Waals surface area contributed by atoms with E-state index in [0.29, 0.717) is 19.6 Å². The van der Waals surface area contributed by atoms with Crippen LogP contribution in [0.2, 0.25) is 0 Å². The molecule has 1 rings (SSSR count). The molecule has 0 aliphatic heterocycles. The summed E-state index contributed by atoms with van der Waals surface area (Å²) in [5.74, 6) is 0.706. The van der Waals surface area contributed by atoms with Crippen molar-refractivity contribution >= 4 is 11.6 Å². The maximum Gasteiger partial charge on any atom is 0.256 e. The largest absolute Gasteiger partial charge is 0.492 e. The number of ether oxygens (including phenoxy) is 2. The maximum absolute atomic E-state index is 12.5. The minimum atomic E-state index is -0.789. The zero-order valence-corrected chi connectivity index (χ0v) is 16.4. The van der Waals surface area contributed by atoms with Crippen LogP contribution in [-0.2, 0) is 9.53 Å². The van der Waals surface area contributed by atoms with Gasteiger partial charge in [-0.25, -0.2) is 0 Å². The number of carbonyl (C=O) groups excluding carboxylic acids is 1. The van der Waals surface area contributed by atoms with Crippen LogP contribution in [0.1, 0.15) is 47.5 Å². The Morgan fingerprint density at radius 3 is 2.28 bits per heavy atom. The van der Waals surface area contributed by atoms with Gasteiger partial charge in [-0.1, -0.05) is 27.2 Å². The third kappa shape index (κ3) is 7.04. The number of nitrogens with zero attached hydrogens (tertiary/aromatic N) is 1. The van der Waals surface area contributed by atoms with E-state index in [1.165, 1.54) is 0 Å². The van der Waals surface area contributed by atoms with Gasteiger partial charge in [-0.15, -0.1) is 0 Å². The fraction of sp³-hybridized carbons (Fsp3) is 0.650. The van der Waals surface area contributed by atoms with Crippen molar-refractivity contribution in [1.29, 1.82) is 0 Å². The van der Waals surface area contributed by atoms with E-state index in [-0.39, 0.29) is 5.91 Å². The lowest BCUT2D eigenvalue weighted by atomic mass is 9.99. The third-order valence-corrected chi connectivity index (χ3v) is 4.35. The second kappa shape index (κ2) is 11.1. The van der Waals surface area contributed by atoms with Gasteiger partial charge < -0.3 is 19.7 Å². The Morgan fingerprint density at radius 1 is 1.12 bits per heavy atom. The van der Waals surface area contributed by atoms with Crippen LogP contribution in [0, 0.1) is 0 Å². The molecule has 0 bridgehead atoms. The maximum atomic E-state index is 12.5. The van der Waals surface area contributed by atoms with Gasteiger partial charge in [-0.05, 0) is 57.6 Å². The summed E-state index contributed by atoms with van der Waals surface area (Å²) < 4.78 is 11.4. The van der Waals surface area contributed by atoms with Crippen molar-refractivity contribution in [2.75, 3.05) is 38.2 Å². The summed E-state index contributed by atoms with van der Waals surface area (Å²) in [4.78, 5) is 14.9. The predicted molar refractivity (Wildman–Crippen MR) is 103 cm³/mol. The number of carbonyl (C=O) groups is 1. The second-order valence-electron chi connectivity index (χ2n) is 6.27. The average molecular weight is 351 g/mol. The highest BCUT2D eigenvalue weighted by Crippen LogP contribution is 2.22. The summed E-state index contributed by atoms with van der Waals surface area (Å²) in [5.41, 5.74) is -0.0364. The van der Waals surface area contributed by atoms with Gasteiger partial charge in [-0.3, -0.25) is 4.79 Å². The average Bonchev–Trinajstić information content (AvgIpc) is 2.60. The van der Waals surface area contributed by atoms with Gasteiger partial charge in [0.15, 0.2) is 0 Å². The van der Waals surface area contributed by atoms with Crippen LogP contribution in [0.3, 0.4) is 0 Å². The Hall–Kier alpha value is -1.59. The normalized spacial score (nSPS) is 13.5. The zero-order valence-electron chi connectivity index (χ0n) is 16.4. The van der Waals surface area contributed by atoms with Crippen molar-refractivity contribution < 1.29 is 14.3 Å². The van der Waals surface area contributed by atoms with Gasteiger partial charge in [0.1, 0.15) is 18.0 Å². The molecular weight excluding hydrogens is 316 g/mol. The van der Waals surface area contributed by atoms with Gasteiger partial charge in [0.2, 0.25) is 0 Å². The summed E-state index contributed by atoms with van der Waals surface area (Å²) in [6.07, 6.45) is 1.59. The molecule has 0 saturated heterocycles. The van der Waals surface area contributed by atoms with Crippen LogP contribution in [0.15, 0.2) is 24.3 Å². The molecule has 0 radical (unpaired) electrons. The van der Waals surface area contributed by atoms with Crippen LogP contribution >= 0.6 is 0 Å². The Balaban J connectivity index is 2.56. The molecule has 0 aliphatic rings. The summed E-state index contributed by atoms with van der Waals surface area (Å²) in [6, 6.07) is 7.50. The van der Waals surface area contributed by atoms with Crippen LogP contribution in [0.5, 0.6) is 5.75 Å². The van der Waals surface area contributed by atoms with Crippen molar-refractivity contribution in [3.8, 4) is 5.75 Å². The van der Waals surface area contributed by atoms with Crippen LogP contribution in [0.25, 0.3) is 0 Å². The molecule has 0 heterocycles. The Bertz CT molecular complexity index is 492. The predicted octanol–water partition coefficient (Wildman–Crippen LogP) is 3.94. The van der Waals surface area contributed by atoms with E-state index >= 15 is 0 Å². The molecule has 1 N–H and O–H groups in total. The topological polar surface area (TPSA) is 50.8 Å². The number of benzene rings is 1. The summed E-state index contributed by atoms with van der Waals surface area (Å²) in [5, 5.41) is 2.94. The minimum absolute atomic E-state index is 0.105. The molecule has 0 unspecified atom stereocenters. The van der Waals surface area contributed by atoms with E-state index in [2.05, 4.69) is 31.0 Å². The van der Waals surface area contributed by atoms with Crippen LogP contribution in [0.4, 0.5) is 5.69 Å². The first-order valence-corrected chi connectivity index (χ1v) is 9.39. The molecule has 1 aromatic carbocycles. The molecule has 142 valence electrons. The smallest absolute Gasteiger partial charge is 0.256 e. The van der Waals surface area contributed by atoms with E-state index < -0.39 is 5.60 Å². The van der Waals surface area contributed by atoms with Crippen LogP contribution in [-0.4, -0.2) is 49.3 Å². The number of likely N-dealkylation sites (N-methyl/N-ethyl adjacent to an activating group) is 1. The van der Waals surface area contributed by atoms with Gasteiger partial charge in [0.05, 0.1) is 0 Å². The molecule has 5 heteroatoms. The van der Waals surface area contributed by atoms with Crippen molar-refractivity contribution in [3.63, 3.8) is 0 Å². The molecule has 1 amide bonds. The van der Waals surface area contributed by atoms with Gasteiger partial charge >= 0.3 is 0 Å². The molecule has 5 nitrogen and oxygen atoms in total. The molecular formula is C20H34N2O3. The van der Waals surface area contributed by atoms with E-state index in [1.807, 2.05) is 38.1 Å². The highest BCUT2D eigenvalue weighted by molar-refractivity contribution is 5.97. The molecule has 0 saturated carbocycles. The van der Waals surface area contributed by atoms with Crippen molar-refractivity contribution in [2.45, 2.75) is 53.1 Å². The van der Waals surface area contributed by atoms with E-state index in [0.717, 1.165) is 37.5 Å². The zero-order chi connectivity index (χ0) is 18.7. The quantitative estimate of drug-likeness (QED) is 0.620. The van der Waals surface area contributed by atoms with Crippen molar-refractivity contribution in [1.82, 2.24) is 4.90 Å². The van der Waals surface area contributed by atoms with Gasteiger partial charge in [0, 0.05) is 18.8 Å². The molecule has 25 heavy (non-hydrogen) atoms. The number of amides is 1. The van der Waals surface area contributed by atoms with Crippen molar-refractivity contribution in [2.24, 2.45) is 0 Å². The van der Waals surface area contributed by atoms with E-state index in [4.69, 9.17) is 9.47 Å². The first-order valence-electron chi connectivity index (χ1n) is 9.39. The van der Waals surface area contributed by atoms with Crippen molar-refractivity contribution in [3.05, 3.63) is 24.3 Å². The molecule has 0 spiro atoms. The summed E-state index contributed by atoms with van der Waals surface area (Å²) >= 11 is 0. The first-order chi connectivity index (χ1) is 12.0. The Kier molecular flexibility index (Phi) is 9.53. The lowest BCUT2D eigenvalue weighted by Crippen LogP contribution is -2.42. The Labute approximate surface area is 152 Å². The fourth-order valence-electron chi connectivity index (χ4n) is 2.78. The minimum Gasteiger partial charge on any atom is -0.492 e. The van der Waals surface area contributed by atoms with E-state index in [9.17, 15) is 4.79 Å². The van der Waals surface area contributed by atoms with Crippen LogP contribution < -0.4 is 10.1 Å². The Morgan fingerprint density at radius 2 is 1.76 bits per heavy atom. The SMILES string of the molecule is CCC[C@](C)(OCC)C(=O)Nc1ccc(OCCN(CC)CC)cc1. The highest BCUT2D eigenvalue weighted by Gasteiger charge is 2.32. The third-order valence-electron chi connectivity index (χ3n) is 4.35. The second-order valence-corrected chi connectivity index (χ2v) is 6.27. The number of hydrogen-bond acceptors (Lipinski definition) is 4. The number of rotatable bonds is 12. The molecule has 0 aliphatic carbocycles. The van der Waals surface area contributed by atoms with Gasteiger partial charge in [0.25, 0.3) is 5.91 Å².